The van der Waals surface area contributed by atoms with Crippen LogP contribution in [0.5, 0.6) is 5.75 Å². The average Bonchev–Trinajstić information content (AvgIpc) is 3.43. The van der Waals surface area contributed by atoms with Gasteiger partial charge in [-0.25, -0.2) is 4.79 Å². The van der Waals surface area contributed by atoms with Gasteiger partial charge in [0.2, 0.25) is 5.82 Å². The predicted octanol–water partition coefficient (Wildman–Crippen LogP) is 5.80. The van der Waals surface area contributed by atoms with Gasteiger partial charge in [-0.15, -0.1) is 10.2 Å². The summed E-state index contributed by atoms with van der Waals surface area (Å²) in [5.41, 5.74) is 0.584. The third kappa shape index (κ3) is 3.97. The maximum absolute atomic E-state index is 12.0. The molecule has 0 aliphatic heterocycles. The zero-order valence-corrected chi connectivity index (χ0v) is 18.2. The van der Waals surface area contributed by atoms with Gasteiger partial charge in [0.15, 0.2) is 10.9 Å². The van der Waals surface area contributed by atoms with E-state index >= 15 is 0 Å². The number of thioether (sulfide) groups is 1. The van der Waals surface area contributed by atoms with Crippen molar-refractivity contribution in [2.45, 2.75) is 49.1 Å². The highest BCUT2D eigenvalue weighted by Crippen LogP contribution is 2.37. The molecule has 1 aliphatic carbocycles. The van der Waals surface area contributed by atoms with E-state index in [0.717, 1.165) is 29.4 Å². The van der Waals surface area contributed by atoms with Crippen LogP contribution in [0.2, 0.25) is 5.02 Å². The standard InChI is InChI=1S/C22H20ClN3O4S/c23-16-10-15-13(9-20(28)30-19(15)11-17(16)27)12-31-22-25-24-21(18-7-4-8-29-18)26(22)14-5-2-1-3-6-14/h4,7-11,14,27H,1-3,5-6,12H2. The fourth-order valence-corrected chi connectivity index (χ4v) is 5.28. The van der Waals surface area contributed by atoms with Gasteiger partial charge in [0, 0.05) is 29.3 Å². The number of phenols is 1. The molecule has 0 saturated heterocycles. The minimum absolute atomic E-state index is 0.123. The van der Waals surface area contributed by atoms with Crippen molar-refractivity contribution in [1.29, 1.82) is 0 Å². The number of furan rings is 1. The molecule has 3 aromatic heterocycles. The lowest BCUT2D eigenvalue weighted by Crippen LogP contribution is -2.15. The number of phenolic OH excluding ortho intramolecular Hbond substituents is 1. The van der Waals surface area contributed by atoms with Crippen LogP contribution in [0.3, 0.4) is 0 Å². The van der Waals surface area contributed by atoms with Crippen molar-refractivity contribution in [1.82, 2.24) is 14.8 Å². The van der Waals surface area contributed by atoms with Gasteiger partial charge in [0.25, 0.3) is 0 Å². The summed E-state index contributed by atoms with van der Waals surface area (Å²) in [5.74, 6) is 1.77. The van der Waals surface area contributed by atoms with Crippen LogP contribution in [0.1, 0.15) is 43.7 Å². The van der Waals surface area contributed by atoms with Crippen molar-refractivity contribution in [2.75, 3.05) is 0 Å². The molecule has 4 aromatic rings. The summed E-state index contributed by atoms with van der Waals surface area (Å²) in [6.07, 6.45) is 7.39. The highest BCUT2D eigenvalue weighted by Gasteiger charge is 2.25. The van der Waals surface area contributed by atoms with Gasteiger partial charge in [-0.1, -0.05) is 42.6 Å². The smallest absolute Gasteiger partial charge is 0.336 e. The lowest BCUT2D eigenvalue weighted by molar-refractivity contribution is 0.337. The van der Waals surface area contributed by atoms with E-state index in [1.807, 2.05) is 12.1 Å². The molecule has 1 aliphatic rings. The summed E-state index contributed by atoms with van der Waals surface area (Å²) < 4.78 is 13.0. The fourth-order valence-electron chi connectivity index (χ4n) is 4.12. The number of aromatic nitrogens is 3. The number of benzene rings is 1. The van der Waals surface area contributed by atoms with Crippen molar-refractivity contribution in [2.24, 2.45) is 0 Å². The van der Waals surface area contributed by atoms with E-state index in [1.165, 1.54) is 43.2 Å². The Morgan fingerprint density at radius 1 is 1.19 bits per heavy atom. The number of aromatic hydroxyl groups is 1. The minimum atomic E-state index is -0.477. The Morgan fingerprint density at radius 3 is 2.81 bits per heavy atom. The summed E-state index contributed by atoms with van der Waals surface area (Å²) in [7, 11) is 0. The van der Waals surface area contributed by atoms with Gasteiger partial charge in [0.05, 0.1) is 11.3 Å². The third-order valence-electron chi connectivity index (χ3n) is 5.60. The van der Waals surface area contributed by atoms with Crippen LogP contribution in [0, 0.1) is 0 Å². The van der Waals surface area contributed by atoms with Gasteiger partial charge >= 0.3 is 5.63 Å². The zero-order valence-electron chi connectivity index (χ0n) is 16.6. The van der Waals surface area contributed by atoms with Gasteiger partial charge in [0.1, 0.15) is 11.3 Å². The largest absolute Gasteiger partial charge is 0.506 e. The first kappa shape index (κ1) is 20.2. The maximum atomic E-state index is 12.0. The molecule has 160 valence electrons. The van der Waals surface area contributed by atoms with E-state index < -0.39 is 5.63 Å². The number of rotatable bonds is 5. The second-order valence-corrected chi connectivity index (χ2v) is 8.97. The van der Waals surface area contributed by atoms with E-state index in [-0.39, 0.29) is 10.8 Å². The second kappa shape index (κ2) is 8.43. The van der Waals surface area contributed by atoms with E-state index in [0.29, 0.717) is 28.5 Å². The highest BCUT2D eigenvalue weighted by molar-refractivity contribution is 7.98. The van der Waals surface area contributed by atoms with Crippen LogP contribution in [-0.4, -0.2) is 19.9 Å². The molecule has 0 radical (unpaired) electrons. The SMILES string of the molecule is O=c1cc(CSc2nnc(-c3ccco3)n2C2CCCCC2)c2cc(Cl)c(O)cc2o1. The average molecular weight is 458 g/mol. The number of halogens is 1. The summed E-state index contributed by atoms with van der Waals surface area (Å²) in [6.45, 7) is 0. The number of fused-ring (bicyclic) bond motifs is 1. The molecule has 0 amide bonds. The molecule has 1 fully saturated rings. The van der Waals surface area contributed by atoms with Crippen LogP contribution < -0.4 is 5.63 Å². The van der Waals surface area contributed by atoms with Crippen LogP contribution in [0.25, 0.3) is 22.6 Å². The predicted molar refractivity (Wildman–Crippen MR) is 119 cm³/mol. The van der Waals surface area contributed by atoms with Gasteiger partial charge in [-0.3, -0.25) is 4.57 Å². The van der Waals surface area contributed by atoms with Crippen LogP contribution in [-0.2, 0) is 5.75 Å². The lowest BCUT2D eigenvalue weighted by Gasteiger charge is -2.25. The molecule has 0 unspecified atom stereocenters. The molecular weight excluding hydrogens is 438 g/mol. The van der Waals surface area contributed by atoms with Crippen molar-refractivity contribution in [3.05, 3.63) is 57.6 Å². The Bertz CT molecular complexity index is 1280. The van der Waals surface area contributed by atoms with Crippen molar-refractivity contribution < 1.29 is 13.9 Å². The van der Waals surface area contributed by atoms with E-state index in [9.17, 15) is 9.90 Å². The van der Waals surface area contributed by atoms with Crippen LogP contribution in [0.4, 0.5) is 0 Å². The summed E-state index contributed by atoms with van der Waals surface area (Å²) in [4.78, 5) is 12.0. The Balaban J connectivity index is 1.51. The minimum Gasteiger partial charge on any atom is -0.506 e. The quantitative estimate of drug-likeness (QED) is 0.299. The Morgan fingerprint density at radius 2 is 2.03 bits per heavy atom. The number of hydrogen-bond donors (Lipinski definition) is 1. The van der Waals surface area contributed by atoms with Crippen LogP contribution in [0.15, 0.2) is 55.4 Å². The lowest BCUT2D eigenvalue weighted by atomic mass is 9.95. The topological polar surface area (TPSA) is 94.3 Å². The molecule has 0 spiro atoms. The highest BCUT2D eigenvalue weighted by atomic mass is 35.5. The van der Waals surface area contributed by atoms with E-state index in [4.69, 9.17) is 20.4 Å². The Kier molecular flexibility index (Phi) is 5.50. The molecule has 3 heterocycles. The molecule has 7 nitrogen and oxygen atoms in total. The second-order valence-electron chi connectivity index (χ2n) is 7.62. The van der Waals surface area contributed by atoms with E-state index in [1.54, 1.807) is 12.3 Å². The zero-order chi connectivity index (χ0) is 21.4. The molecule has 1 saturated carbocycles. The van der Waals surface area contributed by atoms with Crippen molar-refractivity contribution in [3.8, 4) is 17.3 Å². The van der Waals surface area contributed by atoms with E-state index in [2.05, 4.69) is 14.8 Å². The molecule has 0 atom stereocenters. The number of hydrogen-bond acceptors (Lipinski definition) is 7. The molecule has 1 N–H and O–H groups in total. The van der Waals surface area contributed by atoms with Crippen molar-refractivity contribution in [3.63, 3.8) is 0 Å². The molecule has 5 rings (SSSR count). The molecular formula is C22H20ClN3O4S. The number of nitrogens with zero attached hydrogens (tertiary/aromatic N) is 3. The summed E-state index contributed by atoms with van der Waals surface area (Å²) in [5, 5.41) is 20.4. The fraction of sp³-hybridized carbons (Fsp3) is 0.318. The third-order valence-corrected chi connectivity index (χ3v) is 6.89. The Labute approximate surface area is 187 Å². The molecule has 31 heavy (non-hydrogen) atoms. The summed E-state index contributed by atoms with van der Waals surface area (Å²) >= 11 is 7.60. The Hall–Kier alpha value is -2.71. The normalized spacial score (nSPS) is 15.0. The van der Waals surface area contributed by atoms with Gasteiger partial charge < -0.3 is 13.9 Å². The van der Waals surface area contributed by atoms with Gasteiger partial charge in [-0.05, 0) is 36.6 Å². The first-order chi connectivity index (χ1) is 15.1. The molecule has 9 heteroatoms. The van der Waals surface area contributed by atoms with Gasteiger partial charge in [-0.2, -0.15) is 0 Å². The summed E-state index contributed by atoms with van der Waals surface area (Å²) in [6, 6.07) is 8.49. The van der Waals surface area contributed by atoms with Crippen molar-refractivity contribution >= 4 is 34.3 Å². The monoisotopic (exact) mass is 457 g/mol. The maximum Gasteiger partial charge on any atom is 0.336 e. The first-order valence-electron chi connectivity index (χ1n) is 10.2. The van der Waals surface area contributed by atoms with Crippen LogP contribution >= 0.6 is 23.4 Å². The first-order valence-corrected chi connectivity index (χ1v) is 11.5. The molecule has 0 bridgehead atoms. The molecule has 1 aromatic carbocycles.